The normalized spacial score (nSPS) is 19.7. The summed E-state index contributed by atoms with van der Waals surface area (Å²) in [5, 5.41) is 4.02. The first kappa shape index (κ1) is 25.3. The van der Waals surface area contributed by atoms with Gasteiger partial charge in [-0.25, -0.2) is 13.1 Å². The van der Waals surface area contributed by atoms with Crippen molar-refractivity contribution >= 4 is 45.2 Å². The van der Waals surface area contributed by atoms with Gasteiger partial charge in [0, 0.05) is 18.3 Å². The minimum absolute atomic E-state index is 0.0493. The Bertz CT molecular complexity index is 1440. The van der Waals surface area contributed by atoms with Crippen LogP contribution in [0.15, 0.2) is 46.5 Å². The summed E-state index contributed by atoms with van der Waals surface area (Å²) in [5.74, 6) is -0.970. The first-order valence-electron chi connectivity index (χ1n) is 10.8. The average molecular weight is 533 g/mol. The Labute approximate surface area is 213 Å². The lowest BCUT2D eigenvalue weighted by molar-refractivity contribution is -0.120. The molecule has 0 bridgehead atoms. The molecule has 35 heavy (non-hydrogen) atoms. The van der Waals surface area contributed by atoms with Gasteiger partial charge in [-0.3, -0.25) is 9.78 Å². The number of carbonyl (C=O) groups is 1. The number of halogens is 1. The van der Waals surface area contributed by atoms with Crippen molar-refractivity contribution < 1.29 is 17.7 Å². The Hall–Kier alpha value is -2.82. The number of nitrogens with zero attached hydrogens (tertiary/aromatic N) is 2. The van der Waals surface area contributed by atoms with E-state index in [0.717, 1.165) is 39.7 Å². The lowest BCUT2D eigenvalue weighted by atomic mass is 9.82. The first-order chi connectivity index (χ1) is 16.5. The van der Waals surface area contributed by atoms with Gasteiger partial charge in [0.05, 0.1) is 0 Å². The Balaban J connectivity index is 1.86. The molecule has 0 saturated heterocycles. The molecule has 0 spiro atoms. The number of primary amides is 1. The highest BCUT2D eigenvalue weighted by molar-refractivity contribution is 8.05. The van der Waals surface area contributed by atoms with Crippen molar-refractivity contribution in [1.82, 2.24) is 10.1 Å². The van der Waals surface area contributed by atoms with Crippen LogP contribution in [0, 0.1) is 27.7 Å². The quantitative estimate of drug-likeness (QED) is 0.464. The van der Waals surface area contributed by atoms with Gasteiger partial charge in [0.15, 0.2) is 0 Å². The Kier molecular flexibility index (Phi) is 6.74. The molecule has 0 fully saturated rings. The summed E-state index contributed by atoms with van der Waals surface area (Å²) in [6.45, 7) is 7.33. The van der Waals surface area contributed by atoms with Crippen molar-refractivity contribution in [2.24, 2.45) is 5.73 Å². The molecule has 3 aromatic rings. The number of amides is 1. The molecule has 1 aliphatic rings. The van der Waals surface area contributed by atoms with Gasteiger partial charge in [0.1, 0.15) is 20.7 Å². The monoisotopic (exact) mass is 532 g/mol. The standard InChI is InChI=1S/C24H25ClN4O4S2/c1-13-11-14(2)20(15(3)18(13)12-17-7-5-6-9-27-17)24(23(26)30)19(8-10-34-24)35(31,32)29-22-21(25)16(4)28-33-22/h5-11,19,29H,12H2,1-4H3,(H2,26,30). The molecule has 11 heteroatoms. The van der Waals surface area contributed by atoms with Gasteiger partial charge in [-0.15, -0.1) is 11.8 Å². The maximum atomic E-state index is 13.6. The molecule has 2 aromatic heterocycles. The number of sulfonamides is 1. The second kappa shape index (κ2) is 9.33. The molecule has 0 radical (unpaired) electrons. The molecule has 3 heterocycles. The Morgan fingerprint density at radius 1 is 1.26 bits per heavy atom. The molecule has 1 amide bonds. The largest absolute Gasteiger partial charge is 0.368 e. The van der Waals surface area contributed by atoms with Crippen LogP contribution in [0.2, 0.25) is 5.02 Å². The molecule has 4 rings (SSSR count). The van der Waals surface area contributed by atoms with Crippen LogP contribution in [-0.2, 0) is 26.0 Å². The maximum Gasteiger partial charge on any atom is 0.257 e. The Morgan fingerprint density at radius 2 is 2.00 bits per heavy atom. The lowest BCUT2D eigenvalue weighted by Crippen LogP contribution is -2.50. The van der Waals surface area contributed by atoms with Crippen molar-refractivity contribution in [1.29, 1.82) is 0 Å². The highest BCUT2D eigenvalue weighted by atomic mass is 35.5. The van der Waals surface area contributed by atoms with Crippen LogP contribution in [0.4, 0.5) is 5.88 Å². The fourth-order valence-corrected chi connectivity index (χ4v) is 8.14. The van der Waals surface area contributed by atoms with Crippen LogP contribution in [-0.4, -0.2) is 29.7 Å². The van der Waals surface area contributed by atoms with E-state index in [1.165, 1.54) is 6.08 Å². The summed E-state index contributed by atoms with van der Waals surface area (Å²) < 4.78 is 33.0. The molecule has 3 N–H and O–H groups in total. The summed E-state index contributed by atoms with van der Waals surface area (Å²) in [7, 11) is -4.23. The summed E-state index contributed by atoms with van der Waals surface area (Å²) >= 11 is 7.22. The van der Waals surface area contributed by atoms with Crippen molar-refractivity contribution in [3.05, 3.63) is 86.2 Å². The number of aryl methyl sites for hydroxylation is 3. The molecule has 2 atom stereocenters. The van der Waals surface area contributed by atoms with Crippen LogP contribution in [0.5, 0.6) is 0 Å². The van der Waals surface area contributed by atoms with E-state index < -0.39 is 25.9 Å². The number of nitrogens with two attached hydrogens (primary N) is 1. The van der Waals surface area contributed by atoms with E-state index in [0.29, 0.717) is 17.7 Å². The van der Waals surface area contributed by atoms with E-state index in [2.05, 4.69) is 14.9 Å². The summed E-state index contributed by atoms with van der Waals surface area (Å²) in [4.78, 5) is 17.6. The Morgan fingerprint density at radius 3 is 2.60 bits per heavy atom. The van der Waals surface area contributed by atoms with Gasteiger partial charge in [0.2, 0.25) is 15.9 Å². The molecule has 1 aliphatic heterocycles. The molecule has 2 unspecified atom stereocenters. The number of aromatic nitrogens is 2. The van der Waals surface area contributed by atoms with Crippen molar-refractivity contribution in [3.8, 4) is 0 Å². The van der Waals surface area contributed by atoms with Crippen molar-refractivity contribution in [2.45, 2.75) is 44.1 Å². The highest BCUT2D eigenvalue weighted by Gasteiger charge is 2.55. The number of carbonyl (C=O) groups excluding carboxylic acids is 1. The van der Waals surface area contributed by atoms with Gasteiger partial charge < -0.3 is 10.3 Å². The van der Waals surface area contributed by atoms with E-state index >= 15 is 0 Å². The third-order valence-corrected chi connectivity index (χ3v) is 9.79. The summed E-state index contributed by atoms with van der Waals surface area (Å²) in [6, 6.07) is 7.64. The summed E-state index contributed by atoms with van der Waals surface area (Å²) in [6.07, 6.45) is 3.72. The smallest absolute Gasteiger partial charge is 0.257 e. The van der Waals surface area contributed by atoms with Gasteiger partial charge in [-0.2, -0.15) is 0 Å². The van der Waals surface area contributed by atoms with Crippen LogP contribution in [0.3, 0.4) is 0 Å². The topological polar surface area (TPSA) is 128 Å². The first-order valence-corrected chi connectivity index (χ1v) is 13.6. The van der Waals surface area contributed by atoms with E-state index in [1.54, 1.807) is 18.5 Å². The van der Waals surface area contributed by atoms with E-state index in [4.69, 9.17) is 21.9 Å². The van der Waals surface area contributed by atoms with Crippen LogP contribution in [0.25, 0.3) is 0 Å². The number of rotatable bonds is 7. The lowest BCUT2D eigenvalue weighted by Gasteiger charge is -2.35. The van der Waals surface area contributed by atoms with E-state index in [9.17, 15) is 13.2 Å². The molecule has 0 aliphatic carbocycles. The zero-order valence-corrected chi connectivity index (χ0v) is 22.0. The molecule has 1 aromatic carbocycles. The van der Waals surface area contributed by atoms with Gasteiger partial charge >= 0.3 is 0 Å². The average Bonchev–Trinajstić information content (AvgIpc) is 3.38. The van der Waals surface area contributed by atoms with Gasteiger partial charge in [0.25, 0.3) is 5.88 Å². The van der Waals surface area contributed by atoms with Gasteiger partial charge in [-0.1, -0.05) is 35.0 Å². The zero-order chi connectivity index (χ0) is 25.5. The van der Waals surface area contributed by atoms with E-state index in [1.807, 2.05) is 45.0 Å². The number of nitrogens with one attached hydrogen (secondary N) is 1. The summed E-state index contributed by atoms with van der Waals surface area (Å²) in [5.41, 5.74) is 11.3. The minimum atomic E-state index is -4.23. The third kappa shape index (κ3) is 4.34. The van der Waals surface area contributed by atoms with Crippen molar-refractivity contribution in [2.75, 3.05) is 4.72 Å². The van der Waals surface area contributed by atoms with Gasteiger partial charge in [-0.05, 0) is 73.1 Å². The maximum absolute atomic E-state index is 13.6. The van der Waals surface area contributed by atoms with Crippen LogP contribution < -0.4 is 10.5 Å². The fraction of sp³-hybridized carbons (Fsp3) is 0.292. The molecule has 184 valence electrons. The van der Waals surface area contributed by atoms with Crippen LogP contribution >= 0.6 is 23.4 Å². The fourth-order valence-electron chi connectivity index (χ4n) is 4.63. The molecular formula is C24H25ClN4O4S2. The number of thioether (sulfide) groups is 1. The second-order valence-corrected chi connectivity index (χ2v) is 11.8. The van der Waals surface area contributed by atoms with Crippen LogP contribution in [0.1, 0.15) is 39.2 Å². The van der Waals surface area contributed by atoms with Crippen molar-refractivity contribution in [3.63, 3.8) is 0 Å². The number of hydrogen-bond acceptors (Lipinski definition) is 7. The SMILES string of the molecule is Cc1cc(C)c(C2(C(N)=O)SC=CC2S(=O)(=O)Nc2onc(C)c2Cl)c(C)c1Cc1ccccn1. The second-order valence-electron chi connectivity index (χ2n) is 8.51. The minimum Gasteiger partial charge on any atom is -0.368 e. The number of benzene rings is 1. The predicted octanol–water partition coefficient (Wildman–Crippen LogP) is 4.30. The zero-order valence-electron chi connectivity index (χ0n) is 19.6. The number of pyridine rings is 1. The highest BCUT2D eigenvalue weighted by Crippen LogP contribution is 2.51. The number of hydrogen-bond donors (Lipinski definition) is 2. The number of anilines is 1. The third-order valence-electron chi connectivity index (χ3n) is 6.22. The molecular weight excluding hydrogens is 508 g/mol. The van der Waals surface area contributed by atoms with E-state index in [-0.39, 0.29) is 10.9 Å². The molecule has 0 saturated carbocycles. The predicted molar refractivity (Wildman–Crippen MR) is 138 cm³/mol. The molecule has 8 nitrogen and oxygen atoms in total.